The lowest BCUT2D eigenvalue weighted by Crippen LogP contribution is -2.49. The summed E-state index contributed by atoms with van der Waals surface area (Å²) in [6.45, 7) is 4.64. The molecule has 0 aromatic rings. The number of methoxy groups -OCH3 is 1. The van der Waals surface area contributed by atoms with Crippen molar-refractivity contribution in [1.29, 1.82) is 0 Å². The number of rotatable bonds is 3. The molecule has 0 saturated carbocycles. The van der Waals surface area contributed by atoms with E-state index in [1.165, 1.54) is 0 Å². The minimum Gasteiger partial charge on any atom is -0.391 e. The van der Waals surface area contributed by atoms with Gasteiger partial charge in [-0.1, -0.05) is 0 Å². The van der Waals surface area contributed by atoms with E-state index in [0.717, 1.165) is 0 Å². The van der Waals surface area contributed by atoms with Crippen LogP contribution in [0.25, 0.3) is 0 Å². The van der Waals surface area contributed by atoms with Crippen LogP contribution in [0, 0.1) is 0 Å². The molecule has 1 saturated heterocycles. The van der Waals surface area contributed by atoms with E-state index in [0.29, 0.717) is 6.54 Å². The van der Waals surface area contributed by atoms with Crippen molar-refractivity contribution in [1.82, 2.24) is 4.90 Å². The fourth-order valence-corrected chi connectivity index (χ4v) is 1.33. The summed E-state index contributed by atoms with van der Waals surface area (Å²) in [5.41, 5.74) is -0.363. The van der Waals surface area contributed by atoms with Gasteiger partial charge in [-0.3, -0.25) is 14.5 Å². The van der Waals surface area contributed by atoms with Crippen molar-refractivity contribution in [3.05, 3.63) is 0 Å². The van der Waals surface area contributed by atoms with E-state index in [2.05, 4.69) is 4.74 Å². The van der Waals surface area contributed by atoms with Crippen LogP contribution < -0.4 is 0 Å². The molecule has 0 amide bonds. The zero-order chi connectivity index (χ0) is 10.8. The molecule has 1 heterocycles. The quantitative estimate of drug-likeness (QED) is 0.467. The third kappa shape index (κ3) is 3.08. The molecule has 14 heavy (non-hydrogen) atoms. The molecule has 1 fully saturated rings. The second kappa shape index (κ2) is 4.06. The van der Waals surface area contributed by atoms with E-state index < -0.39 is 11.9 Å². The lowest BCUT2D eigenvalue weighted by molar-refractivity contribution is -0.168. The minimum absolute atomic E-state index is 0.151. The summed E-state index contributed by atoms with van der Waals surface area (Å²) in [6, 6.07) is 0. The second-order valence-corrected chi connectivity index (χ2v) is 3.96. The number of nitrogens with zero attached hydrogens (tertiary/aromatic N) is 1. The molecule has 5 nitrogen and oxygen atoms in total. The van der Waals surface area contributed by atoms with Crippen LogP contribution in [-0.4, -0.2) is 49.2 Å². The number of esters is 2. The van der Waals surface area contributed by atoms with E-state index in [9.17, 15) is 9.59 Å². The third-order valence-corrected chi connectivity index (χ3v) is 2.09. The van der Waals surface area contributed by atoms with Gasteiger partial charge in [-0.2, -0.15) is 0 Å². The number of ether oxygens (including phenoxy) is 2. The summed E-state index contributed by atoms with van der Waals surface area (Å²) in [7, 11) is 1.60. The zero-order valence-electron chi connectivity index (χ0n) is 8.70. The van der Waals surface area contributed by atoms with E-state index >= 15 is 0 Å². The Bertz CT molecular complexity index is 233. The molecule has 5 heteroatoms. The largest absolute Gasteiger partial charge is 0.391 e. The normalized spacial score (nSPS) is 19.6. The van der Waals surface area contributed by atoms with Crippen LogP contribution >= 0.6 is 0 Å². The molecule has 0 bridgehead atoms. The van der Waals surface area contributed by atoms with Crippen LogP contribution in [-0.2, 0) is 19.1 Å². The van der Waals surface area contributed by atoms with E-state index in [1.807, 2.05) is 13.8 Å². The molecule has 1 aliphatic heterocycles. The summed E-state index contributed by atoms with van der Waals surface area (Å²) in [5.74, 6) is -0.985. The van der Waals surface area contributed by atoms with Crippen molar-refractivity contribution in [3.63, 3.8) is 0 Å². The second-order valence-electron chi connectivity index (χ2n) is 3.96. The number of carbonyl (C=O) groups is 2. The van der Waals surface area contributed by atoms with E-state index in [4.69, 9.17) is 4.74 Å². The predicted molar refractivity (Wildman–Crippen MR) is 48.6 cm³/mol. The first kappa shape index (κ1) is 11.1. The van der Waals surface area contributed by atoms with Gasteiger partial charge < -0.3 is 9.47 Å². The van der Waals surface area contributed by atoms with Crippen molar-refractivity contribution in [3.8, 4) is 0 Å². The lowest BCUT2D eigenvalue weighted by Gasteiger charge is -2.32. The minimum atomic E-state index is -0.492. The molecule has 1 aliphatic rings. The molecule has 0 aliphatic carbocycles. The van der Waals surface area contributed by atoms with Crippen molar-refractivity contribution < 1.29 is 19.1 Å². The summed E-state index contributed by atoms with van der Waals surface area (Å²) in [6.07, 6.45) is 0. The number of hydrogen-bond acceptors (Lipinski definition) is 5. The molecule has 0 N–H and O–H groups in total. The summed E-state index contributed by atoms with van der Waals surface area (Å²) in [4.78, 5) is 23.6. The number of morpholine rings is 1. The highest BCUT2D eigenvalue weighted by molar-refractivity contribution is 5.90. The molecule has 80 valence electrons. The van der Waals surface area contributed by atoms with E-state index in [-0.39, 0.29) is 18.7 Å². The first-order valence-electron chi connectivity index (χ1n) is 4.44. The Balaban J connectivity index is 2.52. The van der Waals surface area contributed by atoms with Gasteiger partial charge in [0.2, 0.25) is 0 Å². The zero-order valence-corrected chi connectivity index (χ0v) is 8.70. The average Bonchev–Trinajstić information content (AvgIpc) is 2.01. The standard InChI is InChI=1S/C9H15NO4/c1-9(2,13-3)6-10-4-7(11)14-8(12)5-10/h4-6H2,1-3H3. The molecule has 0 aromatic heterocycles. The molecular formula is C9H15NO4. The van der Waals surface area contributed by atoms with Gasteiger partial charge in [0, 0.05) is 13.7 Å². The molecule has 0 aromatic carbocycles. The Morgan fingerprint density at radius 2 is 1.86 bits per heavy atom. The smallest absolute Gasteiger partial charge is 0.327 e. The lowest BCUT2D eigenvalue weighted by atomic mass is 10.1. The molecule has 0 spiro atoms. The SMILES string of the molecule is COC(C)(C)CN1CC(=O)OC(=O)C1. The number of cyclic esters (lactones) is 2. The average molecular weight is 201 g/mol. The van der Waals surface area contributed by atoms with Crippen LogP contribution in [0.2, 0.25) is 0 Å². The highest BCUT2D eigenvalue weighted by Crippen LogP contribution is 2.11. The van der Waals surface area contributed by atoms with Crippen LogP contribution in [0.3, 0.4) is 0 Å². The third-order valence-electron chi connectivity index (χ3n) is 2.09. The van der Waals surface area contributed by atoms with Crippen molar-refractivity contribution in [2.24, 2.45) is 0 Å². The summed E-state index contributed by atoms with van der Waals surface area (Å²) < 4.78 is 9.61. The summed E-state index contributed by atoms with van der Waals surface area (Å²) >= 11 is 0. The van der Waals surface area contributed by atoms with Gasteiger partial charge >= 0.3 is 11.9 Å². The molecule has 0 radical (unpaired) electrons. The van der Waals surface area contributed by atoms with Gasteiger partial charge in [-0.05, 0) is 13.8 Å². The van der Waals surface area contributed by atoms with Gasteiger partial charge in [0.25, 0.3) is 0 Å². The highest BCUT2D eigenvalue weighted by atomic mass is 16.6. The van der Waals surface area contributed by atoms with Crippen LogP contribution in [0.1, 0.15) is 13.8 Å². The maximum Gasteiger partial charge on any atom is 0.327 e. The first-order chi connectivity index (χ1) is 6.43. The Morgan fingerprint density at radius 3 is 2.29 bits per heavy atom. The van der Waals surface area contributed by atoms with Crippen LogP contribution in [0.4, 0.5) is 0 Å². The van der Waals surface area contributed by atoms with Crippen LogP contribution in [0.5, 0.6) is 0 Å². The topological polar surface area (TPSA) is 55.8 Å². The van der Waals surface area contributed by atoms with Crippen LogP contribution in [0.15, 0.2) is 0 Å². The molecule has 0 atom stereocenters. The Kier molecular flexibility index (Phi) is 3.23. The maximum atomic E-state index is 10.9. The molecule has 0 unspecified atom stereocenters. The monoisotopic (exact) mass is 201 g/mol. The fourth-order valence-electron chi connectivity index (χ4n) is 1.33. The molecular weight excluding hydrogens is 186 g/mol. The Labute approximate surface area is 83.0 Å². The Morgan fingerprint density at radius 1 is 1.36 bits per heavy atom. The van der Waals surface area contributed by atoms with Gasteiger partial charge in [-0.15, -0.1) is 0 Å². The van der Waals surface area contributed by atoms with E-state index in [1.54, 1.807) is 12.0 Å². The van der Waals surface area contributed by atoms with Crippen molar-refractivity contribution in [2.75, 3.05) is 26.7 Å². The maximum absolute atomic E-state index is 10.9. The van der Waals surface area contributed by atoms with Gasteiger partial charge in [0.15, 0.2) is 0 Å². The van der Waals surface area contributed by atoms with Crippen molar-refractivity contribution in [2.45, 2.75) is 19.4 Å². The van der Waals surface area contributed by atoms with Crippen molar-refractivity contribution >= 4 is 11.9 Å². The predicted octanol–water partition coefficient (Wildman–Crippen LogP) is -0.203. The number of hydrogen-bond donors (Lipinski definition) is 0. The number of carbonyl (C=O) groups excluding carboxylic acids is 2. The van der Waals surface area contributed by atoms with Gasteiger partial charge in [0.05, 0.1) is 18.7 Å². The molecule has 1 rings (SSSR count). The highest BCUT2D eigenvalue weighted by Gasteiger charge is 2.29. The van der Waals surface area contributed by atoms with Gasteiger partial charge in [-0.25, -0.2) is 0 Å². The van der Waals surface area contributed by atoms with Gasteiger partial charge in [0.1, 0.15) is 0 Å². The summed E-state index contributed by atoms with van der Waals surface area (Å²) in [5, 5.41) is 0. The first-order valence-corrected chi connectivity index (χ1v) is 4.44. The Hall–Kier alpha value is -0.940. The fraction of sp³-hybridized carbons (Fsp3) is 0.778.